The summed E-state index contributed by atoms with van der Waals surface area (Å²) in [6.07, 6.45) is 0.486. The van der Waals surface area contributed by atoms with Crippen molar-refractivity contribution in [2.75, 3.05) is 13.6 Å². The van der Waals surface area contributed by atoms with E-state index in [9.17, 15) is 4.79 Å². The molecule has 0 bridgehead atoms. The summed E-state index contributed by atoms with van der Waals surface area (Å²) < 4.78 is 10.7. The maximum absolute atomic E-state index is 12.1. The maximum atomic E-state index is 12.1. The zero-order valence-corrected chi connectivity index (χ0v) is 16.2. The molecular formula is C20H21ClN4O3. The lowest BCUT2D eigenvalue weighted by atomic mass is 10.2. The van der Waals surface area contributed by atoms with Crippen LogP contribution in [-0.4, -0.2) is 34.7 Å². The summed E-state index contributed by atoms with van der Waals surface area (Å²) in [5, 5.41) is 7.44. The van der Waals surface area contributed by atoms with Gasteiger partial charge in [0.05, 0.1) is 0 Å². The molecule has 8 heteroatoms. The molecule has 7 nitrogen and oxygen atoms in total. The molecule has 146 valence electrons. The van der Waals surface area contributed by atoms with Gasteiger partial charge in [0, 0.05) is 31.6 Å². The maximum Gasteiger partial charge on any atom is 0.317 e. The predicted octanol–water partition coefficient (Wildman–Crippen LogP) is 3.69. The van der Waals surface area contributed by atoms with Crippen LogP contribution in [0.2, 0.25) is 5.02 Å². The third kappa shape index (κ3) is 5.99. The molecule has 0 saturated heterocycles. The van der Waals surface area contributed by atoms with Gasteiger partial charge in [-0.2, -0.15) is 4.98 Å². The van der Waals surface area contributed by atoms with Crippen LogP contribution in [0.25, 0.3) is 0 Å². The molecule has 0 aliphatic rings. The van der Waals surface area contributed by atoms with Crippen LogP contribution in [0.1, 0.15) is 17.3 Å². The molecular weight excluding hydrogens is 380 g/mol. The van der Waals surface area contributed by atoms with E-state index in [4.69, 9.17) is 20.9 Å². The van der Waals surface area contributed by atoms with Gasteiger partial charge >= 0.3 is 6.03 Å². The molecule has 0 radical (unpaired) electrons. The second-order valence-corrected chi connectivity index (χ2v) is 6.60. The van der Waals surface area contributed by atoms with Crippen molar-refractivity contribution < 1.29 is 14.1 Å². The number of hydrogen-bond acceptors (Lipinski definition) is 5. The Morgan fingerprint density at radius 3 is 2.68 bits per heavy atom. The first-order valence-electron chi connectivity index (χ1n) is 8.83. The summed E-state index contributed by atoms with van der Waals surface area (Å²) in [5.74, 6) is 1.57. The van der Waals surface area contributed by atoms with Crippen LogP contribution in [0.5, 0.6) is 5.75 Å². The van der Waals surface area contributed by atoms with Crippen molar-refractivity contribution in [2.24, 2.45) is 0 Å². The zero-order chi connectivity index (χ0) is 19.8. The number of rotatable bonds is 8. The van der Waals surface area contributed by atoms with Gasteiger partial charge in [-0.25, -0.2) is 4.79 Å². The molecule has 0 aliphatic carbocycles. The van der Waals surface area contributed by atoms with Gasteiger partial charge in [-0.1, -0.05) is 47.1 Å². The standard InChI is InChI=1S/C20H21ClN4O3/c1-25(20(26)22-13-15-5-3-2-4-6-15)12-11-18-23-19(28-24-18)14-27-17-9-7-16(21)8-10-17/h2-10H,11-14H2,1H3,(H,22,26). The monoisotopic (exact) mass is 400 g/mol. The number of amides is 2. The largest absolute Gasteiger partial charge is 0.484 e. The highest BCUT2D eigenvalue weighted by molar-refractivity contribution is 6.30. The van der Waals surface area contributed by atoms with Crippen LogP contribution in [0.3, 0.4) is 0 Å². The lowest BCUT2D eigenvalue weighted by molar-refractivity contribution is 0.208. The Kier molecular flexibility index (Phi) is 6.86. The van der Waals surface area contributed by atoms with E-state index < -0.39 is 0 Å². The molecule has 0 fully saturated rings. The van der Waals surface area contributed by atoms with E-state index in [2.05, 4.69) is 15.5 Å². The molecule has 2 amide bonds. The average molecular weight is 401 g/mol. The van der Waals surface area contributed by atoms with E-state index in [0.29, 0.717) is 42.0 Å². The van der Waals surface area contributed by atoms with Gasteiger partial charge in [-0.05, 0) is 29.8 Å². The van der Waals surface area contributed by atoms with E-state index in [0.717, 1.165) is 5.56 Å². The fourth-order valence-corrected chi connectivity index (χ4v) is 2.53. The summed E-state index contributed by atoms with van der Waals surface area (Å²) in [6, 6.07) is 16.6. The molecule has 3 aromatic rings. The van der Waals surface area contributed by atoms with Crippen LogP contribution in [-0.2, 0) is 19.6 Å². The number of carbonyl (C=O) groups excluding carboxylic acids is 1. The lowest BCUT2D eigenvalue weighted by Crippen LogP contribution is -2.38. The Morgan fingerprint density at radius 2 is 1.93 bits per heavy atom. The van der Waals surface area contributed by atoms with Gasteiger partial charge in [-0.15, -0.1) is 0 Å². The Hall–Kier alpha value is -3.06. The predicted molar refractivity (Wildman–Crippen MR) is 105 cm³/mol. The van der Waals surface area contributed by atoms with E-state index in [-0.39, 0.29) is 12.6 Å². The topological polar surface area (TPSA) is 80.5 Å². The van der Waals surface area contributed by atoms with Gasteiger partial charge < -0.3 is 19.5 Å². The van der Waals surface area contributed by atoms with Crippen molar-refractivity contribution in [1.82, 2.24) is 20.4 Å². The third-order valence-electron chi connectivity index (χ3n) is 3.99. The quantitative estimate of drug-likeness (QED) is 0.623. The summed E-state index contributed by atoms with van der Waals surface area (Å²) in [6.45, 7) is 1.12. The Balaban J connectivity index is 1.40. The highest BCUT2D eigenvalue weighted by Crippen LogP contribution is 2.16. The number of benzene rings is 2. The fraction of sp³-hybridized carbons (Fsp3) is 0.250. The van der Waals surface area contributed by atoms with Crippen molar-refractivity contribution in [3.63, 3.8) is 0 Å². The summed E-state index contributed by atoms with van der Waals surface area (Å²) >= 11 is 5.84. The second kappa shape index (κ2) is 9.75. The molecule has 3 rings (SSSR count). The van der Waals surface area contributed by atoms with Gasteiger partial charge in [-0.3, -0.25) is 0 Å². The SMILES string of the molecule is CN(CCc1noc(COc2ccc(Cl)cc2)n1)C(=O)NCc1ccccc1. The number of nitrogens with zero attached hydrogens (tertiary/aromatic N) is 3. The first-order chi connectivity index (χ1) is 13.6. The molecule has 0 aliphatic heterocycles. The first-order valence-corrected chi connectivity index (χ1v) is 9.20. The third-order valence-corrected chi connectivity index (χ3v) is 4.24. The fourth-order valence-electron chi connectivity index (χ4n) is 2.40. The molecule has 0 unspecified atom stereocenters. The molecule has 2 aromatic carbocycles. The van der Waals surface area contributed by atoms with Crippen molar-refractivity contribution in [3.05, 3.63) is 76.9 Å². The number of nitrogens with one attached hydrogen (secondary N) is 1. The summed E-state index contributed by atoms with van der Waals surface area (Å²) in [7, 11) is 1.73. The second-order valence-electron chi connectivity index (χ2n) is 6.16. The van der Waals surface area contributed by atoms with E-state index in [1.54, 1.807) is 36.2 Å². The number of halogens is 1. The molecule has 0 atom stereocenters. The summed E-state index contributed by atoms with van der Waals surface area (Å²) in [5.41, 5.74) is 1.05. The zero-order valence-electron chi connectivity index (χ0n) is 15.5. The van der Waals surface area contributed by atoms with Gasteiger partial charge in [0.25, 0.3) is 5.89 Å². The van der Waals surface area contributed by atoms with Crippen molar-refractivity contribution in [3.8, 4) is 5.75 Å². The van der Waals surface area contributed by atoms with Gasteiger partial charge in [0.2, 0.25) is 0 Å². The van der Waals surface area contributed by atoms with E-state index >= 15 is 0 Å². The van der Waals surface area contributed by atoms with Crippen molar-refractivity contribution >= 4 is 17.6 Å². The number of ether oxygens (including phenoxy) is 1. The average Bonchev–Trinajstić information content (AvgIpc) is 3.18. The lowest BCUT2D eigenvalue weighted by Gasteiger charge is -2.17. The highest BCUT2D eigenvalue weighted by atomic mass is 35.5. The van der Waals surface area contributed by atoms with Crippen LogP contribution >= 0.6 is 11.6 Å². The van der Waals surface area contributed by atoms with Crippen molar-refractivity contribution in [1.29, 1.82) is 0 Å². The Morgan fingerprint density at radius 1 is 1.18 bits per heavy atom. The van der Waals surface area contributed by atoms with Gasteiger partial charge in [0.1, 0.15) is 5.75 Å². The minimum absolute atomic E-state index is 0.154. The van der Waals surface area contributed by atoms with Crippen LogP contribution in [0.15, 0.2) is 59.1 Å². The number of likely N-dealkylation sites (N-methyl/N-ethyl adjacent to an activating group) is 1. The van der Waals surface area contributed by atoms with Crippen LogP contribution < -0.4 is 10.1 Å². The Bertz CT molecular complexity index is 884. The number of hydrogen-bond donors (Lipinski definition) is 1. The minimum Gasteiger partial charge on any atom is -0.484 e. The molecule has 1 aromatic heterocycles. The number of carbonyl (C=O) groups is 1. The minimum atomic E-state index is -0.154. The number of urea groups is 1. The van der Waals surface area contributed by atoms with E-state index in [1.807, 2.05) is 30.3 Å². The molecule has 1 N–H and O–H groups in total. The van der Waals surface area contributed by atoms with E-state index in [1.165, 1.54) is 0 Å². The van der Waals surface area contributed by atoms with Crippen molar-refractivity contribution in [2.45, 2.75) is 19.6 Å². The highest BCUT2D eigenvalue weighted by Gasteiger charge is 2.12. The van der Waals surface area contributed by atoms with Crippen LogP contribution in [0, 0.1) is 0 Å². The Labute approximate surface area is 168 Å². The molecule has 1 heterocycles. The molecule has 0 spiro atoms. The smallest absolute Gasteiger partial charge is 0.317 e. The summed E-state index contributed by atoms with van der Waals surface area (Å²) in [4.78, 5) is 18.0. The van der Waals surface area contributed by atoms with Crippen LogP contribution in [0.4, 0.5) is 4.79 Å². The number of aromatic nitrogens is 2. The normalized spacial score (nSPS) is 10.5. The van der Waals surface area contributed by atoms with Gasteiger partial charge in [0.15, 0.2) is 12.4 Å². The first kappa shape index (κ1) is 19.7. The molecule has 0 saturated carbocycles. The molecule has 28 heavy (non-hydrogen) atoms.